The van der Waals surface area contributed by atoms with Crippen molar-refractivity contribution in [3.63, 3.8) is 0 Å². The molecule has 3 N–H and O–H groups in total. The van der Waals surface area contributed by atoms with Gasteiger partial charge in [0.1, 0.15) is 18.5 Å². The topological polar surface area (TPSA) is 68.0 Å². The molecule has 5 heteroatoms. The quantitative estimate of drug-likeness (QED) is 0.703. The van der Waals surface area contributed by atoms with E-state index in [2.05, 4.69) is 6.92 Å². The Balaban J connectivity index is 2.37. The minimum absolute atomic E-state index is 0.259. The molecular weight excluding hydrogens is 256 g/mol. The number of likely N-dealkylation sites (N-methyl/N-ethyl adjacent to an activating group) is 1. The first-order chi connectivity index (χ1) is 9.56. The molecule has 0 aromatic heterocycles. The fourth-order valence-corrected chi connectivity index (χ4v) is 1.89. The monoisotopic (exact) mass is 282 g/mol. The maximum absolute atomic E-state index is 9.99. The summed E-state index contributed by atoms with van der Waals surface area (Å²) in [6, 6.07) is 7.86. The van der Waals surface area contributed by atoms with Crippen molar-refractivity contribution >= 4 is 0 Å². The van der Waals surface area contributed by atoms with Crippen LogP contribution in [0.2, 0.25) is 0 Å². The van der Waals surface area contributed by atoms with Crippen molar-refractivity contribution in [1.29, 1.82) is 0 Å². The molecule has 2 unspecified atom stereocenters. The number of rotatable bonds is 9. The first-order valence-electron chi connectivity index (χ1n) is 6.85. The molecule has 0 aliphatic rings. The van der Waals surface area contributed by atoms with Gasteiger partial charge in [0, 0.05) is 26.2 Å². The SMILES string of the molecule is COCC(C)N(C)CC(O)COc1cccc(CN)c1. The van der Waals surface area contributed by atoms with Crippen molar-refractivity contribution < 1.29 is 14.6 Å². The van der Waals surface area contributed by atoms with Crippen molar-refractivity contribution in [3.05, 3.63) is 29.8 Å². The number of nitrogens with two attached hydrogens (primary N) is 1. The third kappa shape index (κ3) is 5.88. The lowest BCUT2D eigenvalue weighted by Gasteiger charge is -2.26. The van der Waals surface area contributed by atoms with Crippen LogP contribution in [0.3, 0.4) is 0 Å². The van der Waals surface area contributed by atoms with Crippen LogP contribution in [0.1, 0.15) is 12.5 Å². The molecular formula is C15H26N2O3. The Morgan fingerprint density at radius 1 is 1.35 bits per heavy atom. The molecule has 114 valence electrons. The van der Waals surface area contributed by atoms with E-state index in [9.17, 15) is 5.11 Å². The number of aliphatic hydroxyl groups is 1. The van der Waals surface area contributed by atoms with Gasteiger partial charge in [-0.2, -0.15) is 0 Å². The summed E-state index contributed by atoms with van der Waals surface area (Å²) in [6.07, 6.45) is -0.541. The van der Waals surface area contributed by atoms with E-state index >= 15 is 0 Å². The van der Waals surface area contributed by atoms with Crippen LogP contribution in [0, 0.1) is 0 Å². The number of aliphatic hydroxyl groups excluding tert-OH is 1. The van der Waals surface area contributed by atoms with Gasteiger partial charge in [-0.3, -0.25) is 4.90 Å². The van der Waals surface area contributed by atoms with Crippen molar-refractivity contribution in [3.8, 4) is 5.75 Å². The Morgan fingerprint density at radius 3 is 2.75 bits per heavy atom. The van der Waals surface area contributed by atoms with Crippen LogP contribution < -0.4 is 10.5 Å². The van der Waals surface area contributed by atoms with Gasteiger partial charge >= 0.3 is 0 Å². The van der Waals surface area contributed by atoms with Crippen molar-refractivity contribution in [2.75, 3.05) is 33.9 Å². The first-order valence-corrected chi connectivity index (χ1v) is 6.85. The summed E-state index contributed by atoms with van der Waals surface area (Å²) in [5.74, 6) is 0.736. The molecule has 0 radical (unpaired) electrons. The summed E-state index contributed by atoms with van der Waals surface area (Å²) < 4.78 is 10.7. The molecule has 0 aliphatic heterocycles. The van der Waals surface area contributed by atoms with E-state index in [1.807, 2.05) is 36.2 Å². The molecule has 0 amide bonds. The summed E-state index contributed by atoms with van der Waals surface area (Å²) in [5.41, 5.74) is 6.60. The fourth-order valence-electron chi connectivity index (χ4n) is 1.89. The molecule has 5 nitrogen and oxygen atoms in total. The van der Waals surface area contributed by atoms with E-state index in [0.29, 0.717) is 19.7 Å². The average molecular weight is 282 g/mol. The van der Waals surface area contributed by atoms with Crippen LogP contribution in [0.15, 0.2) is 24.3 Å². The standard InChI is InChI=1S/C15H26N2O3/c1-12(10-19-3)17(2)9-14(18)11-20-15-6-4-5-13(7-15)8-16/h4-7,12,14,18H,8-11,16H2,1-3H3. The number of hydrogen-bond acceptors (Lipinski definition) is 5. The van der Waals surface area contributed by atoms with Crippen molar-refractivity contribution in [2.24, 2.45) is 5.73 Å². The van der Waals surface area contributed by atoms with Crippen molar-refractivity contribution in [2.45, 2.75) is 25.6 Å². The van der Waals surface area contributed by atoms with Crippen LogP contribution in [-0.4, -0.2) is 56.1 Å². The zero-order chi connectivity index (χ0) is 15.0. The molecule has 0 fully saturated rings. The van der Waals surface area contributed by atoms with Crippen LogP contribution in [-0.2, 0) is 11.3 Å². The molecule has 0 saturated heterocycles. The molecule has 0 bridgehead atoms. The molecule has 0 aliphatic carbocycles. The smallest absolute Gasteiger partial charge is 0.119 e. The predicted molar refractivity (Wildman–Crippen MR) is 79.8 cm³/mol. The van der Waals surface area contributed by atoms with Gasteiger partial charge in [-0.05, 0) is 31.7 Å². The molecule has 1 rings (SSSR count). The third-order valence-electron chi connectivity index (χ3n) is 3.24. The molecule has 20 heavy (non-hydrogen) atoms. The number of nitrogens with zero attached hydrogens (tertiary/aromatic N) is 1. The van der Waals surface area contributed by atoms with E-state index in [1.165, 1.54) is 0 Å². The van der Waals surface area contributed by atoms with Gasteiger partial charge in [-0.25, -0.2) is 0 Å². The minimum Gasteiger partial charge on any atom is -0.491 e. The third-order valence-corrected chi connectivity index (χ3v) is 3.24. The summed E-state index contributed by atoms with van der Waals surface area (Å²) in [4.78, 5) is 2.05. The van der Waals surface area contributed by atoms with Gasteiger partial charge in [-0.1, -0.05) is 12.1 Å². The van der Waals surface area contributed by atoms with Crippen LogP contribution in [0.4, 0.5) is 0 Å². The average Bonchev–Trinajstić information content (AvgIpc) is 2.45. The number of methoxy groups -OCH3 is 1. The molecule has 2 atom stereocenters. The minimum atomic E-state index is -0.541. The Kier molecular flexibility index (Phi) is 7.54. The molecule has 1 aromatic carbocycles. The maximum atomic E-state index is 9.99. The predicted octanol–water partition coefficient (Wildman–Crippen LogP) is 0.852. The van der Waals surface area contributed by atoms with Gasteiger partial charge in [0.2, 0.25) is 0 Å². The molecule has 1 aromatic rings. The normalized spacial score (nSPS) is 14.3. The van der Waals surface area contributed by atoms with Crippen molar-refractivity contribution in [1.82, 2.24) is 4.90 Å². The summed E-state index contributed by atoms with van der Waals surface area (Å²) >= 11 is 0. The second-order valence-corrected chi connectivity index (χ2v) is 5.06. The van der Waals surface area contributed by atoms with Gasteiger partial charge in [0.25, 0.3) is 0 Å². The number of hydrogen-bond donors (Lipinski definition) is 2. The van der Waals surface area contributed by atoms with Crippen LogP contribution in [0.5, 0.6) is 5.75 Å². The highest BCUT2D eigenvalue weighted by molar-refractivity contribution is 5.28. The van der Waals surface area contributed by atoms with E-state index in [-0.39, 0.29) is 12.6 Å². The van der Waals surface area contributed by atoms with E-state index in [4.69, 9.17) is 15.2 Å². The summed E-state index contributed by atoms with van der Waals surface area (Å²) in [5, 5.41) is 9.99. The lowest BCUT2D eigenvalue weighted by atomic mass is 10.2. The maximum Gasteiger partial charge on any atom is 0.119 e. The highest BCUT2D eigenvalue weighted by Gasteiger charge is 2.14. The van der Waals surface area contributed by atoms with Crippen LogP contribution >= 0.6 is 0 Å². The number of benzene rings is 1. The Labute approximate surface area is 121 Å². The van der Waals surface area contributed by atoms with E-state index < -0.39 is 6.10 Å². The zero-order valence-electron chi connectivity index (χ0n) is 12.6. The first kappa shape index (κ1) is 16.9. The molecule has 0 spiro atoms. The van der Waals surface area contributed by atoms with Gasteiger partial charge in [0.15, 0.2) is 0 Å². The highest BCUT2D eigenvalue weighted by atomic mass is 16.5. The Hall–Kier alpha value is -1.14. The lowest BCUT2D eigenvalue weighted by Crippen LogP contribution is -2.40. The Morgan fingerprint density at radius 2 is 2.10 bits per heavy atom. The van der Waals surface area contributed by atoms with Gasteiger partial charge < -0.3 is 20.3 Å². The zero-order valence-corrected chi connectivity index (χ0v) is 12.6. The second-order valence-electron chi connectivity index (χ2n) is 5.06. The van der Waals surface area contributed by atoms with E-state index in [1.54, 1.807) is 7.11 Å². The summed E-state index contributed by atoms with van der Waals surface area (Å²) in [6.45, 7) is 3.99. The van der Waals surface area contributed by atoms with E-state index in [0.717, 1.165) is 11.3 Å². The van der Waals surface area contributed by atoms with Gasteiger partial charge in [0.05, 0.1) is 6.61 Å². The number of ether oxygens (including phenoxy) is 2. The van der Waals surface area contributed by atoms with Crippen LogP contribution in [0.25, 0.3) is 0 Å². The summed E-state index contributed by atoms with van der Waals surface area (Å²) in [7, 11) is 3.64. The fraction of sp³-hybridized carbons (Fsp3) is 0.600. The largest absolute Gasteiger partial charge is 0.491 e. The van der Waals surface area contributed by atoms with Gasteiger partial charge in [-0.15, -0.1) is 0 Å². The molecule has 0 saturated carbocycles. The lowest BCUT2D eigenvalue weighted by molar-refractivity contribution is 0.0466. The highest BCUT2D eigenvalue weighted by Crippen LogP contribution is 2.13. The molecule has 0 heterocycles. The second kappa shape index (κ2) is 8.92. The Bertz CT molecular complexity index is 387.